The van der Waals surface area contributed by atoms with Crippen LogP contribution in [-0.2, 0) is 6.54 Å². The predicted molar refractivity (Wildman–Crippen MR) is 62.4 cm³/mol. The normalized spacial score (nSPS) is 19.8. The van der Waals surface area contributed by atoms with Crippen molar-refractivity contribution in [1.29, 1.82) is 0 Å². The average molecular weight is 229 g/mol. The zero-order valence-electron chi connectivity index (χ0n) is 9.06. The summed E-state index contributed by atoms with van der Waals surface area (Å²) in [6.07, 6.45) is 2.06. The summed E-state index contributed by atoms with van der Waals surface area (Å²) in [7, 11) is 0. The highest BCUT2D eigenvalue weighted by molar-refractivity contribution is 5.85. The van der Waals surface area contributed by atoms with Crippen LogP contribution in [0.2, 0.25) is 0 Å². The van der Waals surface area contributed by atoms with E-state index < -0.39 is 0 Å². The van der Waals surface area contributed by atoms with Crippen molar-refractivity contribution in [2.75, 3.05) is 6.54 Å². The van der Waals surface area contributed by atoms with Crippen LogP contribution in [0.15, 0.2) is 18.3 Å². The Hall–Kier alpha value is -0.800. The Morgan fingerprint density at radius 3 is 3.07 bits per heavy atom. The van der Waals surface area contributed by atoms with E-state index in [0.29, 0.717) is 5.92 Å². The van der Waals surface area contributed by atoms with Crippen molar-refractivity contribution < 1.29 is 4.74 Å². The molecule has 2 heterocycles. The van der Waals surface area contributed by atoms with Crippen molar-refractivity contribution in [3.8, 4) is 5.75 Å². The maximum atomic E-state index is 5.89. The molecule has 1 aliphatic rings. The van der Waals surface area contributed by atoms with Gasteiger partial charge >= 0.3 is 0 Å². The molecule has 1 aromatic heterocycles. The Morgan fingerprint density at radius 1 is 1.53 bits per heavy atom. The van der Waals surface area contributed by atoms with Gasteiger partial charge in [0.2, 0.25) is 0 Å². The van der Waals surface area contributed by atoms with E-state index in [2.05, 4.69) is 24.1 Å². The number of nitrogens with one attached hydrogen (secondary N) is 1. The summed E-state index contributed by atoms with van der Waals surface area (Å²) < 4.78 is 5.89. The van der Waals surface area contributed by atoms with Gasteiger partial charge in [-0.1, -0.05) is 13.8 Å². The molecule has 0 aromatic carbocycles. The molecular weight excluding hydrogens is 212 g/mol. The maximum Gasteiger partial charge on any atom is 0.142 e. The second-order valence-corrected chi connectivity index (χ2v) is 3.98. The largest absolute Gasteiger partial charge is 0.487 e. The summed E-state index contributed by atoms with van der Waals surface area (Å²) >= 11 is 0. The highest BCUT2D eigenvalue weighted by atomic mass is 35.5. The number of ether oxygens (including phenoxy) is 1. The molecule has 0 unspecified atom stereocenters. The third-order valence-electron chi connectivity index (χ3n) is 2.51. The molecule has 3 nitrogen and oxygen atoms in total. The summed E-state index contributed by atoms with van der Waals surface area (Å²) in [4.78, 5) is 4.29. The van der Waals surface area contributed by atoms with E-state index in [1.165, 1.54) is 0 Å². The molecule has 1 aromatic rings. The first-order valence-corrected chi connectivity index (χ1v) is 5.08. The Labute approximate surface area is 96.7 Å². The number of hydrogen-bond acceptors (Lipinski definition) is 3. The van der Waals surface area contributed by atoms with Crippen LogP contribution < -0.4 is 10.1 Å². The molecule has 4 heteroatoms. The van der Waals surface area contributed by atoms with E-state index >= 15 is 0 Å². The van der Waals surface area contributed by atoms with Crippen LogP contribution in [0.4, 0.5) is 0 Å². The van der Waals surface area contributed by atoms with Gasteiger partial charge < -0.3 is 10.1 Å². The molecule has 1 aliphatic heterocycles. The van der Waals surface area contributed by atoms with E-state index in [1.54, 1.807) is 6.20 Å². The summed E-state index contributed by atoms with van der Waals surface area (Å²) in [5, 5.41) is 3.35. The van der Waals surface area contributed by atoms with E-state index in [-0.39, 0.29) is 18.5 Å². The molecule has 2 rings (SSSR count). The minimum Gasteiger partial charge on any atom is -0.487 e. The lowest BCUT2D eigenvalue weighted by Gasteiger charge is -2.20. The number of nitrogens with zero attached hydrogens (tertiary/aromatic N) is 1. The smallest absolute Gasteiger partial charge is 0.142 e. The van der Waals surface area contributed by atoms with Crippen LogP contribution in [0, 0.1) is 5.92 Å². The number of rotatable bonds is 1. The molecule has 0 saturated heterocycles. The SMILES string of the molecule is CC(C)[C@@H]1CNCc2ncccc2O1.Cl. The third kappa shape index (κ3) is 2.83. The molecule has 0 saturated carbocycles. The first-order chi connectivity index (χ1) is 6.77. The number of pyridine rings is 1. The molecule has 0 spiro atoms. The molecule has 0 aliphatic carbocycles. The van der Waals surface area contributed by atoms with Gasteiger partial charge in [-0.3, -0.25) is 4.98 Å². The van der Waals surface area contributed by atoms with Crippen LogP contribution in [-0.4, -0.2) is 17.6 Å². The number of hydrogen-bond donors (Lipinski definition) is 1. The quantitative estimate of drug-likeness (QED) is 0.799. The van der Waals surface area contributed by atoms with Crippen LogP contribution in [0.5, 0.6) is 5.75 Å². The van der Waals surface area contributed by atoms with Crippen LogP contribution in [0.1, 0.15) is 19.5 Å². The van der Waals surface area contributed by atoms with Gasteiger partial charge in [0.25, 0.3) is 0 Å². The van der Waals surface area contributed by atoms with E-state index in [4.69, 9.17) is 4.74 Å². The van der Waals surface area contributed by atoms with Gasteiger partial charge in [-0.25, -0.2) is 0 Å². The van der Waals surface area contributed by atoms with Crippen molar-refractivity contribution in [1.82, 2.24) is 10.3 Å². The average Bonchev–Trinajstić information content (AvgIpc) is 2.39. The molecule has 0 radical (unpaired) electrons. The lowest BCUT2D eigenvalue weighted by atomic mass is 10.1. The Bertz CT molecular complexity index is 317. The second-order valence-electron chi connectivity index (χ2n) is 3.98. The number of halogens is 1. The van der Waals surface area contributed by atoms with Gasteiger partial charge in [-0.15, -0.1) is 12.4 Å². The lowest BCUT2D eigenvalue weighted by molar-refractivity contribution is 0.155. The van der Waals surface area contributed by atoms with Crippen LogP contribution >= 0.6 is 12.4 Å². The summed E-state index contributed by atoms with van der Waals surface area (Å²) in [6, 6.07) is 3.91. The molecular formula is C11H17ClN2O. The predicted octanol–water partition coefficient (Wildman–Crippen LogP) is 2.01. The summed E-state index contributed by atoms with van der Waals surface area (Å²) in [6.45, 7) is 6.05. The summed E-state index contributed by atoms with van der Waals surface area (Å²) in [5.41, 5.74) is 1.01. The highest BCUT2D eigenvalue weighted by Gasteiger charge is 2.20. The molecule has 15 heavy (non-hydrogen) atoms. The Kier molecular flexibility index (Phi) is 4.36. The van der Waals surface area contributed by atoms with Crippen LogP contribution in [0.25, 0.3) is 0 Å². The minimum atomic E-state index is 0. The molecule has 1 atom stereocenters. The first-order valence-electron chi connectivity index (χ1n) is 5.08. The van der Waals surface area contributed by atoms with Crippen LogP contribution in [0.3, 0.4) is 0 Å². The second kappa shape index (κ2) is 5.33. The molecule has 84 valence electrons. The fourth-order valence-electron chi connectivity index (χ4n) is 1.57. The first kappa shape index (κ1) is 12.3. The zero-order valence-corrected chi connectivity index (χ0v) is 9.88. The Morgan fingerprint density at radius 2 is 2.33 bits per heavy atom. The Balaban J connectivity index is 0.00000112. The van der Waals surface area contributed by atoms with Crippen molar-refractivity contribution >= 4 is 12.4 Å². The molecule has 0 fully saturated rings. The highest BCUT2D eigenvalue weighted by Crippen LogP contribution is 2.21. The molecule has 0 bridgehead atoms. The van der Waals surface area contributed by atoms with Gasteiger partial charge in [0.15, 0.2) is 0 Å². The monoisotopic (exact) mass is 228 g/mol. The van der Waals surface area contributed by atoms with Crippen molar-refractivity contribution in [3.63, 3.8) is 0 Å². The van der Waals surface area contributed by atoms with Crippen molar-refractivity contribution in [2.24, 2.45) is 5.92 Å². The fraction of sp³-hybridized carbons (Fsp3) is 0.545. The van der Waals surface area contributed by atoms with Gasteiger partial charge in [-0.2, -0.15) is 0 Å². The fourth-order valence-corrected chi connectivity index (χ4v) is 1.57. The zero-order chi connectivity index (χ0) is 9.97. The van der Waals surface area contributed by atoms with Gasteiger partial charge in [0.1, 0.15) is 11.9 Å². The van der Waals surface area contributed by atoms with E-state index in [9.17, 15) is 0 Å². The molecule has 1 N–H and O–H groups in total. The van der Waals surface area contributed by atoms with Gasteiger partial charge in [-0.05, 0) is 18.1 Å². The lowest BCUT2D eigenvalue weighted by Crippen LogP contribution is -2.32. The minimum absolute atomic E-state index is 0. The summed E-state index contributed by atoms with van der Waals surface area (Å²) in [5.74, 6) is 1.45. The maximum absolute atomic E-state index is 5.89. The van der Waals surface area contributed by atoms with Crippen molar-refractivity contribution in [3.05, 3.63) is 24.0 Å². The van der Waals surface area contributed by atoms with Gasteiger partial charge in [0, 0.05) is 19.3 Å². The van der Waals surface area contributed by atoms with E-state index in [1.807, 2.05) is 12.1 Å². The molecule has 0 amide bonds. The standard InChI is InChI=1S/C11H16N2O.ClH/c1-8(2)11-7-12-6-9-10(14-11)4-3-5-13-9;/h3-5,8,11-12H,6-7H2,1-2H3;1H/t11-;/m0./s1. The number of aromatic nitrogens is 1. The topological polar surface area (TPSA) is 34.2 Å². The number of fused-ring (bicyclic) bond motifs is 1. The van der Waals surface area contributed by atoms with E-state index in [0.717, 1.165) is 24.5 Å². The van der Waals surface area contributed by atoms with Gasteiger partial charge in [0.05, 0.1) is 5.69 Å². The van der Waals surface area contributed by atoms with Crippen molar-refractivity contribution in [2.45, 2.75) is 26.5 Å². The third-order valence-corrected chi connectivity index (χ3v) is 2.51.